The molecule has 0 aliphatic rings. The fraction of sp³-hybridized carbons (Fsp3) is 0. The lowest BCUT2D eigenvalue weighted by molar-refractivity contribution is 0.475. The number of hydrogen-bond acceptors (Lipinski definition) is 4. The summed E-state index contributed by atoms with van der Waals surface area (Å²) in [5.74, 6) is 0.432. The molecule has 3 aromatic rings. The van der Waals surface area contributed by atoms with Crippen LogP contribution in [0.1, 0.15) is 0 Å². The molecular formula is C13H9NO2S. The minimum absolute atomic E-state index is 0.198. The van der Waals surface area contributed by atoms with E-state index in [0.717, 1.165) is 15.3 Å². The van der Waals surface area contributed by atoms with Crippen LogP contribution in [0.3, 0.4) is 0 Å². The molecular weight excluding hydrogens is 234 g/mol. The number of nitrogens with zero attached hydrogens (tertiary/aromatic N) is 1. The zero-order valence-corrected chi connectivity index (χ0v) is 9.61. The van der Waals surface area contributed by atoms with E-state index in [-0.39, 0.29) is 11.5 Å². The van der Waals surface area contributed by atoms with Crippen LogP contribution in [-0.2, 0) is 0 Å². The summed E-state index contributed by atoms with van der Waals surface area (Å²) < 4.78 is 0.952. The number of aromatic nitrogens is 1. The van der Waals surface area contributed by atoms with Crippen molar-refractivity contribution in [3.8, 4) is 22.1 Å². The fourth-order valence-corrected chi connectivity index (χ4v) is 2.65. The highest BCUT2D eigenvalue weighted by molar-refractivity contribution is 7.21. The van der Waals surface area contributed by atoms with Gasteiger partial charge in [-0.2, -0.15) is 0 Å². The van der Waals surface area contributed by atoms with E-state index in [1.807, 2.05) is 18.2 Å². The van der Waals surface area contributed by atoms with Gasteiger partial charge in [0.1, 0.15) is 22.0 Å². The predicted octanol–water partition coefficient (Wildman–Crippen LogP) is 3.37. The molecule has 17 heavy (non-hydrogen) atoms. The van der Waals surface area contributed by atoms with Crippen molar-refractivity contribution in [1.82, 2.24) is 4.98 Å². The second kappa shape index (κ2) is 3.75. The van der Waals surface area contributed by atoms with E-state index in [4.69, 9.17) is 0 Å². The van der Waals surface area contributed by atoms with Crippen LogP contribution in [0.4, 0.5) is 0 Å². The van der Waals surface area contributed by atoms with Crippen LogP contribution in [0, 0.1) is 0 Å². The number of rotatable bonds is 1. The maximum Gasteiger partial charge on any atom is 0.142 e. The third kappa shape index (κ3) is 1.72. The Hall–Kier alpha value is -2.07. The van der Waals surface area contributed by atoms with Gasteiger partial charge in [-0.3, -0.25) is 0 Å². The van der Waals surface area contributed by atoms with Crippen LogP contribution in [-0.4, -0.2) is 15.2 Å². The molecule has 1 aromatic heterocycles. The maximum atomic E-state index is 9.68. The molecule has 4 heteroatoms. The lowest BCUT2D eigenvalue weighted by Crippen LogP contribution is -1.75. The Bertz CT molecular complexity index is 673. The largest absolute Gasteiger partial charge is 0.508 e. The molecule has 0 radical (unpaired) electrons. The van der Waals surface area contributed by atoms with Gasteiger partial charge in [-0.25, -0.2) is 4.98 Å². The standard InChI is InChI=1S/C13H9NO2S/c15-9-6-4-8(5-7-9)13-14-12-10(16)2-1-3-11(12)17-13/h1-7,15-16H. The van der Waals surface area contributed by atoms with Gasteiger partial charge in [0.15, 0.2) is 0 Å². The molecule has 2 N–H and O–H groups in total. The van der Waals surface area contributed by atoms with Gasteiger partial charge in [0.25, 0.3) is 0 Å². The molecule has 0 amide bonds. The summed E-state index contributed by atoms with van der Waals surface area (Å²) in [5, 5.41) is 19.7. The van der Waals surface area contributed by atoms with Crippen molar-refractivity contribution < 1.29 is 10.2 Å². The first-order valence-corrected chi connectivity index (χ1v) is 5.93. The van der Waals surface area contributed by atoms with E-state index in [0.29, 0.717) is 5.52 Å². The molecule has 0 saturated carbocycles. The van der Waals surface area contributed by atoms with Crippen LogP contribution in [0.5, 0.6) is 11.5 Å². The van der Waals surface area contributed by atoms with E-state index in [2.05, 4.69) is 4.98 Å². The summed E-state index contributed by atoms with van der Waals surface area (Å²) in [6.07, 6.45) is 0. The minimum atomic E-state index is 0.198. The van der Waals surface area contributed by atoms with Gasteiger partial charge in [0.05, 0.1) is 4.70 Å². The highest BCUT2D eigenvalue weighted by Crippen LogP contribution is 2.34. The lowest BCUT2D eigenvalue weighted by Gasteiger charge is -1.95. The van der Waals surface area contributed by atoms with Gasteiger partial charge in [-0.1, -0.05) is 6.07 Å². The molecule has 0 saturated heterocycles. The Morgan fingerprint density at radius 1 is 0.941 bits per heavy atom. The Morgan fingerprint density at radius 3 is 2.41 bits per heavy atom. The number of phenolic OH excluding ortho intramolecular Hbond substituents is 2. The number of thiazole rings is 1. The highest BCUT2D eigenvalue weighted by Gasteiger charge is 2.08. The Kier molecular flexibility index (Phi) is 2.23. The first kappa shape index (κ1) is 10.1. The Labute approximate surface area is 102 Å². The van der Waals surface area contributed by atoms with E-state index >= 15 is 0 Å². The third-order valence-electron chi connectivity index (χ3n) is 2.51. The first-order chi connectivity index (χ1) is 8.24. The molecule has 0 unspecified atom stereocenters. The molecule has 0 atom stereocenters. The minimum Gasteiger partial charge on any atom is -0.508 e. The SMILES string of the molecule is Oc1ccc(-c2nc3c(O)cccc3s2)cc1. The third-order valence-corrected chi connectivity index (χ3v) is 3.58. The number of phenols is 2. The molecule has 1 heterocycles. The predicted molar refractivity (Wildman–Crippen MR) is 68.4 cm³/mol. The molecule has 0 aliphatic heterocycles. The summed E-state index contributed by atoms with van der Waals surface area (Å²) in [6.45, 7) is 0. The number of hydrogen-bond donors (Lipinski definition) is 2. The molecule has 84 valence electrons. The molecule has 3 rings (SSSR count). The number of benzene rings is 2. The molecule has 3 nitrogen and oxygen atoms in total. The number of aromatic hydroxyl groups is 2. The first-order valence-electron chi connectivity index (χ1n) is 5.12. The van der Waals surface area contributed by atoms with Gasteiger partial charge in [-0.15, -0.1) is 11.3 Å². The quantitative estimate of drug-likeness (QED) is 0.689. The monoisotopic (exact) mass is 243 g/mol. The van der Waals surface area contributed by atoms with Crippen molar-refractivity contribution in [1.29, 1.82) is 0 Å². The number of para-hydroxylation sites is 1. The molecule has 0 spiro atoms. The normalized spacial score (nSPS) is 10.8. The van der Waals surface area contributed by atoms with Crippen LogP contribution in [0.25, 0.3) is 20.8 Å². The summed E-state index contributed by atoms with van der Waals surface area (Å²) in [5.41, 5.74) is 1.56. The molecule has 2 aromatic carbocycles. The van der Waals surface area contributed by atoms with Crippen LogP contribution < -0.4 is 0 Å². The van der Waals surface area contributed by atoms with Gasteiger partial charge >= 0.3 is 0 Å². The van der Waals surface area contributed by atoms with Gasteiger partial charge in [0.2, 0.25) is 0 Å². The van der Waals surface area contributed by atoms with E-state index in [1.165, 1.54) is 11.3 Å². The average Bonchev–Trinajstić information content (AvgIpc) is 2.75. The Balaban J connectivity index is 2.18. The van der Waals surface area contributed by atoms with Crippen molar-refractivity contribution in [2.45, 2.75) is 0 Å². The highest BCUT2D eigenvalue weighted by atomic mass is 32.1. The zero-order chi connectivity index (χ0) is 11.8. The van der Waals surface area contributed by atoms with E-state index in [9.17, 15) is 10.2 Å². The van der Waals surface area contributed by atoms with Gasteiger partial charge < -0.3 is 10.2 Å². The smallest absolute Gasteiger partial charge is 0.142 e. The summed E-state index contributed by atoms with van der Waals surface area (Å²) in [4.78, 5) is 4.40. The number of fused-ring (bicyclic) bond motifs is 1. The van der Waals surface area contributed by atoms with E-state index in [1.54, 1.807) is 24.3 Å². The fourth-order valence-electron chi connectivity index (χ4n) is 1.66. The van der Waals surface area contributed by atoms with Crippen LogP contribution in [0.15, 0.2) is 42.5 Å². The average molecular weight is 243 g/mol. The zero-order valence-electron chi connectivity index (χ0n) is 8.79. The van der Waals surface area contributed by atoms with Crippen molar-refractivity contribution in [3.05, 3.63) is 42.5 Å². The van der Waals surface area contributed by atoms with Crippen LogP contribution >= 0.6 is 11.3 Å². The summed E-state index contributed by atoms with van der Waals surface area (Å²) in [7, 11) is 0. The summed E-state index contributed by atoms with van der Waals surface area (Å²) >= 11 is 1.52. The van der Waals surface area contributed by atoms with E-state index < -0.39 is 0 Å². The Morgan fingerprint density at radius 2 is 1.71 bits per heavy atom. The maximum absolute atomic E-state index is 9.68. The van der Waals surface area contributed by atoms with Crippen molar-refractivity contribution in [2.75, 3.05) is 0 Å². The topological polar surface area (TPSA) is 53.4 Å². The second-order valence-electron chi connectivity index (χ2n) is 3.69. The lowest BCUT2D eigenvalue weighted by atomic mass is 10.2. The van der Waals surface area contributed by atoms with Gasteiger partial charge in [-0.05, 0) is 36.4 Å². The second-order valence-corrected chi connectivity index (χ2v) is 4.72. The van der Waals surface area contributed by atoms with Gasteiger partial charge in [0, 0.05) is 5.56 Å². The van der Waals surface area contributed by atoms with Crippen LogP contribution in [0.2, 0.25) is 0 Å². The van der Waals surface area contributed by atoms with Crippen molar-refractivity contribution in [3.63, 3.8) is 0 Å². The molecule has 0 fully saturated rings. The van der Waals surface area contributed by atoms with Crippen molar-refractivity contribution in [2.24, 2.45) is 0 Å². The molecule has 0 bridgehead atoms. The van der Waals surface area contributed by atoms with Crippen molar-refractivity contribution >= 4 is 21.6 Å². The molecule has 0 aliphatic carbocycles. The summed E-state index contributed by atoms with van der Waals surface area (Å²) in [6, 6.07) is 12.2.